The lowest BCUT2D eigenvalue weighted by atomic mass is 10.1. The Morgan fingerprint density at radius 2 is 2.00 bits per heavy atom. The second kappa shape index (κ2) is 6.78. The van der Waals surface area contributed by atoms with Gasteiger partial charge in [0.25, 0.3) is 0 Å². The number of aromatic hydroxyl groups is 1. The van der Waals surface area contributed by atoms with Crippen molar-refractivity contribution in [2.24, 2.45) is 0 Å². The van der Waals surface area contributed by atoms with E-state index in [-0.39, 0.29) is 5.75 Å². The Morgan fingerprint density at radius 1 is 1.22 bits per heavy atom. The van der Waals surface area contributed by atoms with Gasteiger partial charge in [-0.3, -0.25) is 0 Å². The summed E-state index contributed by atoms with van der Waals surface area (Å²) in [5, 5.41) is 21.6. The van der Waals surface area contributed by atoms with Crippen LogP contribution in [0.3, 0.4) is 0 Å². The fourth-order valence-corrected chi connectivity index (χ4v) is 3.25. The highest BCUT2D eigenvalue weighted by molar-refractivity contribution is 9.10. The van der Waals surface area contributed by atoms with E-state index >= 15 is 0 Å². The monoisotopic (exact) mass is 382 g/mol. The zero-order chi connectivity index (χ0) is 16.2. The third-order valence-electron chi connectivity index (χ3n) is 3.21. The molecule has 3 nitrogen and oxygen atoms in total. The van der Waals surface area contributed by atoms with Crippen molar-refractivity contribution in [1.29, 1.82) is 5.26 Å². The second-order valence-corrected chi connectivity index (χ2v) is 6.50. The van der Waals surface area contributed by atoms with E-state index in [2.05, 4.69) is 27.0 Å². The van der Waals surface area contributed by atoms with Crippen LogP contribution in [0.5, 0.6) is 5.75 Å². The van der Waals surface area contributed by atoms with E-state index in [1.165, 1.54) is 11.3 Å². The molecular formula is C18H11BrN2OS. The summed E-state index contributed by atoms with van der Waals surface area (Å²) in [6.07, 6.45) is 1.76. The van der Waals surface area contributed by atoms with Crippen molar-refractivity contribution in [1.82, 2.24) is 4.98 Å². The SMILES string of the molecule is N#C/C(=C/c1ccc(O)c(Br)c1)c1nc(-c2ccccc2)cs1. The molecule has 0 amide bonds. The van der Waals surface area contributed by atoms with Crippen LogP contribution in [0.2, 0.25) is 0 Å². The molecule has 1 heterocycles. The number of halogens is 1. The van der Waals surface area contributed by atoms with Crippen LogP contribution in [-0.4, -0.2) is 10.1 Å². The molecule has 112 valence electrons. The first-order valence-corrected chi connectivity index (χ1v) is 8.46. The Hall–Kier alpha value is -2.42. The van der Waals surface area contributed by atoms with Crippen molar-refractivity contribution >= 4 is 38.9 Å². The summed E-state index contributed by atoms with van der Waals surface area (Å²) < 4.78 is 0.590. The van der Waals surface area contributed by atoms with Gasteiger partial charge in [0.05, 0.1) is 15.7 Å². The van der Waals surface area contributed by atoms with Crippen molar-refractivity contribution in [3.8, 4) is 23.1 Å². The summed E-state index contributed by atoms with van der Waals surface area (Å²) in [6.45, 7) is 0. The molecule has 0 saturated carbocycles. The van der Waals surface area contributed by atoms with Crippen LogP contribution >= 0.6 is 27.3 Å². The molecule has 3 rings (SSSR count). The molecule has 2 aromatic carbocycles. The molecule has 23 heavy (non-hydrogen) atoms. The Labute approximate surface area is 146 Å². The molecule has 0 aliphatic carbocycles. The molecule has 0 spiro atoms. The summed E-state index contributed by atoms with van der Waals surface area (Å²) >= 11 is 4.71. The number of hydrogen-bond acceptors (Lipinski definition) is 4. The molecule has 1 N–H and O–H groups in total. The normalized spacial score (nSPS) is 11.2. The summed E-state index contributed by atoms with van der Waals surface area (Å²) in [6, 6.07) is 17.2. The third-order valence-corrected chi connectivity index (χ3v) is 4.72. The number of rotatable bonds is 3. The average Bonchev–Trinajstić information content (AvgIpc) is 3.06. The van der Waals surface area contributed by atoms with Gasteiger partial charge in [-0.1, -0.05) is 36.4 Å². The van der Waals surface area contributed by atoms with Gasteiger partial charge >= 0.3 is 0 Å². The number of hydrogen-bond donors (Lipinski definition) is 1. The van der Waals surface area contributed by atoms with Crippen molar-refractivity contribution in [3.05, 3.63) is 69.0 Å². The maximum Gasteiger partial charge on any atom is 0.134 e. The quantitative estimate of drug-likeness (QED) is 0.621. The zero-order valence-corrected chi connectivity index (χ0v) is 14.3. The predicted octanol–water partition coefficient (Wildman–Crippen LogP) is 5.34. The fourth-order valence-electron chi connectivity index (χ4n) is 2.06. The van der Waals surface area contributed by atoms with E-state index in [0.29, 0.717) is 15.1 Å². The van der Waals surface area contributed by atoms with Gasteiger partial charge in [0, 0.05) is 10.9 Å². The third kappa shape index (κ3) is 3.50. The molecule has 0 aliphatic heterocycles. The standard InChI is InChI=1S/C18H11BrN2OS/c19-15-9-12(6-7-17(15)22)8-14(10-20)18-21-16(11-23-18)13-4-2-1-3-5-13/h1-9,11,22H/b14-8-. The van der Waals surface area contributed by atoms with E-state index < -0.39 is 0 Å². The number of allylic oxidation sites excluding steroid dienone is 1. The van der Waals surface area contributed by atoms with Gasteiger partial charge in [0.15, 0.2) is 0 Å². The van der Waals surface area contributed by atoms with Gasteiger partial charge in [0.1, 0.15) is 16.8 Å². The van der Waals surface area contributed by atoms with Gasteiger partial charge < -0.3 is 5.11 Å². The molecule has 0 unspecified atom stereocenters. The Bertz CT molecular complexity index is 910. The van der Waals surface area contributed by atoms with Crippen molar-refractivity contribution in [3.63, 3.8) is 0 Å². The van der Waals surface area contributed by atoms with Crippen molar-refractivity contribution in [2.75, 3.05) is 0 Å². The van der Waals surface area contributed by atoms with Crippen LogP contribution in [-0.2, 0) is 0 Å². The maximum absolute atomic E-state index is 9.54. The summed E-state index contributed by atoms with van der Waals surface area (Å²) in [5.74, 6) is 0.168. The van der Waals surface area contributed by atoms with Crippen LogP contribution in [0.15, 0.2) is 58.4 Å². The molecule has 0 radical (unpaired) electrons. The maximum atomic E-state index is 9.54. The van der Waals surface area contributed by atoms with Gasteiger partial charge in [-0.05, 0) is 39.7 Å². The average molecular weight is 383 g/mol. The fraction of sp³-hybridized carbons (Fsp3) is 0. The molecular weight excluding hydrogens is 372 g/mol. The van der Waals surface area contributed by atoms with E-state index in [4.69, 9.17) is 0 Å². The van der Waals surface area contributed by atoms with Crippen molar-refractivity contribution < 1.29 is 5.11 Å². The van der Waals surface area contributed by atoms with Gasteiger partial charge in [-0.25, -0.2) is 4.98 Å². The molecule has 3 aromatic rings. The highest BCUT2D eigenvalue weighted by Crippen LogP contribution is 2.29. The van der Waals surface area contributed by atoms with Crippen LogP contribution in [0.1, 0.15) is 10.6 Å². The first kappa shape index (κ1) is 15.5. The lowest BCUT2D eigenvalue weighted by Gasteiger charge is -1.99. The van der Waals surface area contributed by atoms with Crippen LogP contribution in [0, 0.1) is 11.3 Å². The molecule has 1 aromatic heterocycles. The summed E-state index contributed by atoms with van der Waals surface area (Å²) in [4.78, 5) is 4.55. The smallest absolute Gasteiger partial charge is 0.134 e. The first-order valence-electron chi connectivity index (χ1n) is 6.79. The van der Waals surface area contributed by atoms with E-state index in [1.807, 2.05) is 35.7 Å². The Balaban J connectivity index is 1.96. The zero-order valence-electron chi connectivity index (χ0n) is 11.9. The van der Waals surface area contributed by atoms with E-state index in [9.17, 15) is 10.4 Å². The van der Waals surface area contributed by atoms with Crippen LogP contribution < -0.4 is 0 Å². The Morgan fingerprint density at radius 3 is 2.70 bits per heavy atom. The number of aromatic nitrogens is 1. The number of benzene rings is 2. The van der Waals surface area contributed by atoms with E-state index in [1.54, 1.807) is 24.3 Å². The van der Waals surface area contributed by atoms with Gasteiger partial charge in [-0.15, -0.1) is 11.3 Å². The first-order chi connectivity index (χ1) is 11.2. The highest BCUT2D eigenvalue weighted by atomic mass is 79.9. The summed E-state index contributed by atoms with van der Waals surface area (Å²) in [5.41, 5.74) is 3.20. The van der Waals surface area contributed by atoms with Crippen LogP contribution in [0.4, 0.5) is 0 Å². The number of nitriles is 1. The number of nitrogens with zero attached hydrogens (tertiary/aromatic N) is 2. The second-order valence-electron chi connectivity index (χ2n) is 4.78. The minimum absolute atomic E-state index is 0.168. The molecule has 0 atom stereocenters. The Kier molecular flexibility index (Phi) is 4.56. The lowest BCUT2D eigenvalue weighted by molar-refractivity contribution is 0.472. The largest absolute Gasteiger partial charge is 0.507 e. The van der Waals surface area contributed by atoms with Crippen LogP contribution in [0.25, 0.3) is 22.9 Å². The minimum atomic E-state index is 0.168. The number of thiazole rings is 1. The summed E-state index contributed by atoms with van der Waals surface area (Å²) in [7, 11) is 0. The van der Waals surface area contributed by atoms with Gasteiger partial charge in [-0.2, -0.15) is 5.26 Å². The highest BCUT2D eigenvalue weighted by Gasteiger charge is 2.09. The number of phenolic OH excluding ortho intramolecular Hbond substituents is 1. The topological polar surface area (TPSA) is 56.9 Å². The molecule has 5 heteroatoms. The molecule has 0 bridgehead atoms. The predicted molar refractivity (Wildman–Crippen MR) is 96.8 cm³/mol. The molecule has 0 saturated heterocycles. The van der Waals surface area contributed by atoms with Crippen molar-refractivity contribution in [2.45, 2.75) is 0 Å². The molecule has 0 aliphatic rings. The lowest BCUT2D eigenvalue weighted by Crippen LogP contribution is -1.83. The van der Waals surface area contributed by atoms with Gasteiger partial charge in [0.2, 0.25) is 0 Å². The minimum Gasteiger partial charge on any atom is -0.507 e. The number of phenols is 1. The van der Waals surface area contributed by atoms with E-state index in [0.717, 1.165) is 16.8 Å². The molecule has 0 fully saturated rings.